The number of hydrogen-bond donors (Lipinski definition) is 4. The Hall–Kier alpha value is -4.08. The minimum atomic E-state index is -1.20. The number of amides is 3. The third-order valence-electron chi connectivity index (χ3n) is 6.86. The van der Waals surface area contributed by atoms with Gasteiger partial charge in [0.2, 0.25) is 31.3 Å². The first-order valence-electron chi connectivity index (χ1n) is 17.0. The van der Waals surface area contributed by atoms with Crippen LogP contribution in [0, 0.1) is 23.7 Å². The van der Waals surface area contributed by atoms with E-state index in [-0.39, 0.29) is 93.3 Å². The Morgan fingerprint density at radius 3 is 0.875 bits per heavy atom. The van der Waals surface area contributed by atoms with Crippen LogP contribution in [0.3, 0.4) is 0 Å². The normalized spacial score (nSPS) is 12.1. The van der Waals surface area contributed by atoms with Gasteiger partial charge in [0.1, 0.15) is 36.4 Å². The number of nitrogens with one attached hydrogen (secondary N) is 4. The highest BCUT2D eigenvalue weighted by Crippen LogP contribution is 2.11. The number of ketones is 1. The van der Waals surface area contributed by atoms with E-state index in [0.717, 1.165) is 0 Å². The molecule has 0 aliphatic heterocycles. The van der Waals surface area contributed by atoms with E-state index in [4.69, 9.17) is 18.9 Å². The monoisotopic (exact) mass is 811 g/mol. The molecule has 0 spiro atoms. The summed E-state index contributed by atoms with van der Waals surface area (Å²) >= 11 is 0. The molecule has 0 saturated carbocycles. The molecule has 0 aromatic heterocycles. The van der Waals surface area contributed by atoms with Gasteiger partial charge in [0.05, 0.1) is 6.42 Å². The van der Waals surface area contributed by atoms with Crippen LogP contribution in [0.15, 0.2) is 0 Å². The molecule has 0 saturated heterocycles. The van der Waals surface area contributed by atoms with Gasteiger partial charge in [-0.25, -0.2) is 14.4 Å². The Balaban J connectivity index is -0.000000800. The first-order chi connectivity index (χ1) is 23.2. The number of likely N-dealkylation sites (N-methyl/N-ethyl adjacent to an activating group) is 1. The average Bonchev–Trinajstić information content (AvgIpc) is 2.97. The summed E-state index contributed by atoms with van der Waals surface area (Å²) in [5.41, 5.74) is 0. The smallest absolute Gasteiger partial charge is 0.331 e. The van der Waals surface area contributed by atoms with Gasteiger partial charge in [-0.2, -0.15) is 0 Å². The number of esters is 4. The van der Waals surface area contributed by atoms with Gasteiger partial charge in [0.25, 0.3) is 0 Å². The molecule has 0 aromatic carbocycles. The Morgan fingerprint density at radius 2 is 0.643 bits per heavy atom. The maximum atomic E-state index is 12.8. The van der Waals surface area contributed by atoms with Crippen LogP contribution in [0.1, 0.15) is 145 Å². The molecule has 0 aliphatic carbocycles. The second-order valence-electron chi connectivity index (χ2n) is 13.9. The number of ether oxygens (including phenoxy) is 4. The van der Waals surface area contributed by atoms with E-state index in [1.165, 1.54) is 6.92 Å². The number of carbonyl (C=O) groups is 8. The van der Waals surface area contributed by atoms with E-state index in [1.807, 2.05) is 41.5 Å². The summed E-state index contributed by atoms with van der Waals surface area (Å²) in [6.45, 7) is 14.5. The number of hydrogen-bond acceptors (Lipinski definition) is 13. The molecule has 4 atom stereocenters. The third-order valence-corrected chi connectivity index (χ3v) is 6.86. The van der Waals surface area contributed by atoms with Crippen molar-refractivity contribution in [2.45, 2.75) is 170 Å². The minimum absolute atomic E-state index is 0. The van der Waals surface area contributed by atoms with E-state index >= 15 is 0 Å². The van der Waals surface area contributed by atoms with Crippen LogP contribution in [0.2, 0.25) is 0 Å². The fourth-order valence-corrected chi connectivity index (χ4v) is 4.66. The third kappa shape index (κ3) is 31.2. The van der Waals surface area contributed by atoms with Gasteiger partial charge in [0, 0.05) is 0 Å². The molecule has 0 aliphatic rings. The second kappa shape index (κ2) is 35.3. The van der Waals surface area contributed by atoms with Gasteiger partial charge >= 0.3 is 23.9 Å². The van der Waals surface area contributed by atoms with E-state index in [2.05, 4.69) is 21.3 Å². The van der Waals surface area contributed by atoms with E-state index < -0.39 is 92.2 Å². The van der Waals surface area contributed by atoms with Gasteiger partial charge in [-0.3, -0.25) is 24.0 Å². The Kier molecular flexibility index (Phi) is 42.1. The molecule has 334 valence electrons. The number of Topliss-reactive ketones (excluding diaryl/α,β-unsaturated/α-hetero) is 1. The molecule has 16 heteroatoms. The van der Waals surface area contributed by atoms with Crippen LogP contribution in [0.4, 0.5) is 0 Å². The topological polar surface area (TPSA) is 222 Å². The Bertz CT molecular complexity index is 1160. The van der Waals surface area contributed by atoms with Crippen LogP contribution in [-0.4, -0.2) is 92.2 Å². The SMILES string of the molecule is C.C.C.C.C.C.CNC(CC(C)C)C(=O)OCOC(=O)C(CC(C)C)NC(=O)CC(=O)NC(CC(C)C)C(=O)OCOC(=O)C(CC(C)C)NC(=O)CC(C)=O. The highest BCUT2D eigenvalue weighted by Gasteiger charge is 2.29. The maximum absolute atomic E-state index is 12.8. The summed E-state index contributed by atoms with van der Waals surface area (Å²) < 4.78 is 20.3. The zero-order valence-electron chi connectivity index (χ0n) is 31.2. The molecule has 0 radical (unpaired) electrons. The van der Waals surface area contributed by atoms with Crippen molar-refractivity contribution in [3.05, 3.63) is 0 Å². The van der Waals surface area contributed by atoms with Gasteiger partial charge < -0.3 is 40.2 Å². The summed E-state index contributed by atoms with van der Waals surface area (Å²) in [5.74, 6) is -5.85. The molecule has 0 fully saturated rings. The predicted octanol–water partition coefficient (Wildman–Crippen LogP) is 5.49. The lowest BCUT2D eigenvalue weighted by atomic mass is 10.0. The predicted molar refractivity (Wildman–Crippen MR) is 221 cm³/mol. The first-order valence-corrected chi connectivity index (χ1v) is 17.0. The fraction of sp³-hybridized carbons (Fsp3) is 0.800. The zero-order chi connectivity index (χ0) is 38.6. The van der Waals surface area contributed by atoms with Crippen molar-refractivity contribution in [3.63, 3.8) is 0 Å². The molecule has 56 heavy (non-hydrogen) atoms. The van der Waals surface area contributed by atoms with E-state index in [9.17, 15) is 38.4 Å². The minimum Gasteiger partial charge on any atom is -0.427 e. The van der Waals surface area contributed by atoms with E-state index in [0.29, 0.717) is 6.42 Å². The van der Waals surface area contributed by atoms with Gasteiger partial charge in [0.15, 0.2) is 0 Å². The van der Waals surface area contributed by atoms with Crippen molar-refractivity contribution < 1.29 is 57.3 Å². The summed E-state index contributed by atoms with van der Waals surface area (Å²) in [4.78, 5) is 99.3. The van der Waals surface area contributed by atoms with E-state index in [1.54, 1.807) is 20.9 Å². The van der Waals surface area contributed by atoms with Crippen molar-refractivity contribution in [1.82, 2.24) is 21.3 Å². The molecule has 16 nitrogen and oxygen atoms in total. The molecule has 0 aromatic rings. The fourth-order valence-electron chi connectivity index (χ4n) is 4.66. The Labute approximate surface area is 339 Å². The van der Waals surface area contributed by atoms with Gasteiger partial charge in [-0.05, 0) is 63.3 Å². The summed E-state index contributed by atoms with van der Waals surface area (Å²) in [5, 5.41) is 10.2. The van der Waals surface area contributed by atoms with Crippen LogP contribution >= 0.6 is 0 Å². The highest BCUT2D eigenvalue weighted by molar-refractivity contribution is 6.00. The van der Waals surface area contributed by atoms with Crippen LogP contribution < -0.4 is 21.3 Å². The maximum Gasteiger partial charge on any atom is 0.331 e. The summed E-state index contributed by atoms with van der Waals surface area (Å²) in [6, 6.07) is -3.98. The Morgan fingerprint density at radius 1 is 0.411 bits per heavy atom. The molecule has 4 N–H and O–H groups in total. The van der Waals surface area contributed by atoms with Gasteiger partial charge in [-0.1, -0.05) is 99.9 Å². The second-order valence-corrected chi connectivity index (χ2v) is 13.9. The lowest BCUT2D eigenvalue weighted by molar-refractivity contribution is -0.172. The molecular formula is C40H82N4O12. The summed E-state index contributed by atoms with van der Waals surface area (Å²) in [7, 11) is 1.62. The molecular weight excluding hydrogens is 728 g/mol. The first kappa shape index (κ1) is 66.7. The number of carbonyl (C=O) groups excluding carboxylic acids is 8. The van der Waals surface area contributed by atoms with Crippen molar-refractivity contribution >= 4 is 47.4 Å². The zero-order valence-corrected chi connectivity index (χ0v) is 31.2. The van der Waals surface area contributed by atoms with Crippen LogP contribution in [-0.2, 0) is 57.3 Å². The van der Waals surface area contributed by atoms with Crippen LogP contribution in [0.5, 0.6) is 0 Å². The van der Waals surface area contributed by atoms with Gasteiger partial charge in [-0.15, -0.1) is 0 Å². The molecule has 0 rings (SSSR count). The molecule has 0 bridgehead atoms. The van der Waals surface area contributed by atoms with Crippen molar-refractivity contribution in [3.8, 4) is 0 Å². The van der Waals surface area contributed by atoms with Crippen molar-refractivity contribution in [2.24, 2.45) is 23.7 Å². The lowest BCUT2D eigenvalue weighted by Crippen LogP contribution is -2.47. The van der Waals surface area contributed by atoms with Crippen molar-refractivity contribution in [2.75, 3.05) is 20.6 Å². The molecule has 3 amide bonds. The molecule has 0 heterocycles. The molecule has 4 unspecified atom stereocenters. The lowest BCUT2D eigenvalue weighted by Gasteiger charge is -2.22. The summed E-state index contributed by atoms with van der Waals surface area (Å²) in [6.07, 6.45) is -0.103. The quantitative estimate of drug-likeness (QED) is 0.0539. The van der Waals surface area contributed by atoms with Crippen molar-refractivity contribution in [1.29, 1.82) is 0 Å². The highest BCUT2D eigenvalue weighted by atomic mass is 16.7. The number of rotatable bonds is 24. The van der Waals surface area contributed by atoms with Crippen LogP contribution in [0.25, 0.3) is 0 Å². The standard InChI is InChI=1S/C34H58N4O12.6CH4/c1-19(2)11-24(35-10)31(43)47-17-48-33(45)26(13-21(5)6)37-29(41)16-30(42)38-27(14-22(7)8)34(46)50-18-49-32(44)25(12-20(3)4)36-28(40)15-23(9)39;;;;;;/h19-22,24-27,35H,11-18H2,1-10H3,(H,36,40)(H,37,41)(H,38,42);6*1H4. The largest absolute Gasteiger partial charge is 0.427 e. The average molecular weight is 811 g/mol.